The summed E-state index contributed by atoms with van der Waals surface area (Å²) in [6, 6.07) is 0.405. The molecule has 0 saturated carbocycles. The summed E-state index contributed by atoms with van der Waals surface area (Å²) in [5.41, 5.74) is 1.28. The molecule has 0 aromatic carbocycles. The van der Waals surface area contributed by atoms with Crippen molar-refractivity contribution in [1.82, 2.24) is 5.32 Å². The molecule has 0 fully saturated rings. The molecule has 11 heavy (non-hydrogen) atoms. The molecule has 1 N–H and O–H groups in total. The second-order valence-electron chi connectivity index (χ2n) is 2.58. The van der Waals surface area contributed by atoms with Crippen LogP contribution < -0.4 is 5.32 Å². The lowest BCUT2D eigenvalue weighted by Crippen LogP contribution is -2.22. The van der Waals surface area contributed by atoms with E-state index in [-0.39, 0.29) is 0 Å². The molecule has 0 aliphatic heterocycles. The van der Waals surface area contributed by atoms with Crippen LogP contribution in [0.2, 0.25) is 0 Å². The summed E-state index contributed by atoms with van der Waals surface area (Å²) >= 11 is 4.22. The molecule has 1 unspecified atom stereocenters. The standard InChI is InChI=1S/C9H17NS/c1-5-9(6-7(2)11)8(3)10-4/h5-6,8,10-11H,1-4H3/b7-6-,9-5-. The van der Waals surface area contributed by atoms with Crippen LogP contribution in [0, 0.1) is 0 Å². The molecule has 0 radical (unpaired) electrons. The van der Waals surface area contributed by atoms with E-state index in [1.54, 1.807) is 0 Å². The molecule has 1 nitrogen and oxygen atoms in total. The third-order valence-electron chi connectivity index (χ3n) is 1.64. The van der Waals surface area contributed by atoms with Crippen LogP contribution in [0.25, 0.3) is 0 Å². The first kappa shape index (κ1) is 10.8. The van der Waals surface area contributed by atoms with Gasteiger partial charge in [-0.15, -0.1) is 12.6 Å². The summed E-state index contributed by atoms with van der Waals surface area (Å²) in [5, 5.41) is 3.17. The van der Waals surface area contributed by atoms with Gasteiger partial charge in [0.2, 0.25) is 0 Å². The summed E-state index contributed by atoms with van der Waals surface area (Å²) in [5.74, 6) is 0. The number of nitrogens with one attached hydrogen (secondary N) is 1. The number of hydrogen-bond acceptors (Lipinski definition) is 2. The van der Waals surface area contributed by atoms with Crippen molar-refractivity contribution in [2.75, 3.05) is 7.05 Å². The van der Waals surface area contributed by atoms with Gasteiger partial charge in [-0.05, 0) is 44.4 Å². The molecule has 0 bridgehead atoms. The quantitative estimate of drug-likeness (QED) is 0.491. The van der Waals surface area contributed by atoms with Gasteiger partial charge >= 0.3 is 0 Å². The monoisotopic (exact) mass is 171 g/mol. The minimum atomic E-state index is 0.405. The van der Waals surface area contributed by atoms with Gasteiger partial charge in [0.25, 0.3) is 0 Å². The largest absolute Gasteiger partial charge is 0.313 e. The Morgan fingerprint density at radius 3 is 2.36 bits per heavy atom. The Labute approximate surface area is 75.0 Å². The summed E-state index contributed by atoms with van der Waals surface area (Å²) in [7, 11) is 1.95. The molecule has 1 atom stereocenters. The van der Waals surface area contributed by atoms with Crippen LogP contribution in [0.3, 0.4) is 0 Å². The zero-order valence-corrected chi connectivity index (χ0v) is 8.57. The summed E-state index contributed by atoms with van der Waals surface area (Å²) in [6.45, 7) is 6.15. The van der Waals surface area contributed by atoms with E-state index in [1.807, 2.05) is 20.9 Å². The van der Waals surface area contributed by atoms with Gasteiger partial charge in [0.1, 0.15) is 0 Å². The first-order chi connectivity index (χ1) is 5.11. The lowest BCUT2D eigenvalue weighted by Gasteiger charge is -2.11. The lowest BCUT2D eigenvalue weighted by molar-refractivity contribution is 0.704. The van der Waals surface area contributed by atoms with Crippen LogP contribution in [0.15, 0.2) is 22.6 Å². The first-order valence-corrected chi connectivity index (χ1v) is 4.27. The van der Waals surface area contributed by atoms with Crippen molar-refractivity contribution in [2.45, 2.75) is 26.8 Å². The maximum absolute atomic E-state index is 4.22. The second-order valence-corrected chi connectivity index (χ2v) is 3.29. The van der Waals surface area contributed by atoms with Crippen molar-refractivity contribution >= 4 is 12.6 Å². The fraction of sp³-hybridized carbons (Fsp3) is 0.556. The Balaban J connectivity index is 4.32. The summed E-state index contributed by atoms with van der Waals surface area (Å²) in [6.07, 6.45) is 4.17. The highest BCUT2D eigenvalue weighted by Crippen LogP contribution is 2.08. The number of thiol groups is 1. The SMILES string of the molecule is C/C=C(/C=C(/C)S)C(C)NC. The van der Waals surface area contributed by atoms with E-state index in [2.05, 4.69) is 37.0 Å². The number of rotatable bonds is 3. The van der Waals surface area contributed by atoms with Crippen molar-refractivity contribution in [3.05, 3.63) is 22.6 Å². The molecule has 0 amide bonds. The fourth-order valence-electron chi connectivity index (χ4n) is 0.866. The van der Waals surface area contributed by atoms with Crippen LogP contribution in [-0.2, 0) is 0 Å². The zero-order valence-electron chi connectivity index (χ0n) is 7.68. The maximum atomic E-state index is 4.22. The molecule has 0 aliphatic carbocycles. The maximum Gasteiger partial charge on any atom is 0.0286 e. The van der Waals surface area contributed by atoms with Gasteiger partial charge < -0.3 is 5.32 Å². The summed E-state index contributed by atoms with van der Waals surface area (Å²) < 4.78 is 0. The molecule has 64 valence electrons. The van der Waals surface area contributed by atoms with Crippen molar-refractivity contribution in [3.8, 4) is 0 Å². The van der Waals surface area contributed by atoms with E-state index in [1.165, 1.54) is 5.57 Å². The molecular formula is C9H17NS. The van der Waals surface area contributed by atoms with Gasteiger partial charge in [-0.1, -0.05) is 6.08 Å². The van der Waals surface area contributed by atoms with Gasteiger partial charge in [-0.3, -0.25) is 0 Å². The summed E-state index contributed by atoms with van der Waals surface area (Å²) in [4.78, 5) is 1.04. The molecule has 0 heterocycles. The second kappa shape index (κ2) is 5.44. The molecule has 2 heteroatoms. The van der Waals surface area contributed by atoms with E-state index < -0.39 is 0 Å². The fourth-order valence-corrected chi connectivity index (χ4v) is 1.02. The average Bonchev–Trinajstić information content (AvgIpc) is 1.98. The lowest BCUT2D eigenvalue weighted by atomic mass is 10.1. The van der Waals surface area contributed by atoms with Gasteiger partial charge in [-0.2, -0.15) is 0 Å². The van der Waals surface area contributed by atoms with Crippen LogP contribution >= 0.6 is 12.6 Å². The average molecular weight is 171 g/mol. The van der Waals surface area contributed by atoms with E-state index >= 15 is 0 Å². The Morgan fingerprint density at radius 1 is 1.55 bits per heavy atom. The van der Waals surface area contributed by atoms with Crippen LogP contribution in [0.1, 0.15) is 20.8 Å². The third kappa shape index (κ3) is 4.27. The highest BCUT2D eigenvalue weighted by atomic mass is 32.1. The van der Waals surface area contributed by atoms with E-state index in [9.17, 15) is 0 Å². The van der Waals surface area contributed by atoms with Crippen molar-refractivity contribution in [2.24, 2.45) is 0 Å². The number of allylic oxidation sites excluding steroid dienone is 2. The molecule has 0 aromatic rings. The minimum absolute atomic E-state index is 0.405. The molecule has 0 aromatic heterocycles. The van der Waals surface area contributed by atoms with Crippen molar-refractivity contribution in [1.29, 1.82) is 0 Å². The highest BCUT2D eigenvalue weighted by molar-refractivity contribution is 7.84. The number of hydrogen-bond donors (Lipinski definition) is 2. The van der Waals surface area contributed by atoms with Crippen LogP contribution in [0.4, 0.5) is 0 Å². The zero-order chi connectivity index (χ0) is 8.85. The number of likely N-dealkylation sites (N-methyl/N-ethyl adjacent to an activating group) is 1. The predicted molar refractivity (Wildman–Crippen MR) is 55.0 cm³/mol. The Hall–Kier alpha value is -0.210. The van der Waals surface area contributed by atoms with E-state index in [0.29, 0.717) is 6.04 Å². The third-order valence-corrected chi connectivity index (χ3v) is 1.77. The van der Waals surface area contributed by atoms with Crippen LogP contribution in [-0.4, -0.2) is 13.1 Å². The topological polar surface area (TPSA) is 12.0 Å². The first-order valence-electron chi connectivity index (χ1n) is 3.82. The minimum Gasteiger partial charge on any atom is -0.313 e. The van der Waals surface area contributed by atoms with Crippen molar-refractivity contribution < 1.29 is 0 Å². The molecule has 0 spiro atoms. The predicted octanol–water partition coefficient (Wildman–Crippen LogP) is 2.37. The van der Waals surface area contributed by atoms with Gasteiger partial charge in [0.05, 0.1) is 0 Å². The molecule has 0 saturated heterocycles. The van der Waals surface area contributed by atoms with Gasteiger partial charge in [0.15, 0.2) is 0 Å². The van der Waals surface area contributed by atoms with Crippen LogP contribution in [0.5, 0.6) is 0 Å². The normalized spacial score (nSPS) is 16.8. The Kier molecular flexibility index (Phi) is 5.34. The smallest absolute Gasteiger partial charge is 0.0286 e. The molecular weight excluding hydrogens is 154 g/mol. The van der Waals surface area contributed by atoms with E-state index in [0.717, 1.165) is 4.91 Å². The molecule has 0 rings (SSSR count). The van der Waals surface area contributed by atoms with Crippen molar-refractivity contribution in [3.63, 3.8) is 0 Å². The van der Waals surface area contributed by atoms with Gasteiger partial charge in [0, 0.05) is 6.04 Å². The Morgan fingerprint density at radius 2 is 2.09 bits per heavy atom. The Bertz CT molecular complexity index is 166. The van der Waals surface area contributed by atoms with E-state index in [4.69, 9.17) is 0 Å². The van der Waals surface area contributed by atoms with Gasteiger partial charge in [-0.25, -0.2) is 0 Å². The molecule has 0 aliphatic rings. The highest BCUT2D eigenvalue weighted by Gasteiger charge is 2.00.